The van der Waals surface area contributed by atoms with E-state index in [2.05, 4.69) is 23.7 Å². The summed E-state index contributed by atoms with van der Waals surface area (Å²) in [5.74, 6) is 2.73. The van der Waals surface area contributed by atoms with E-state index in [9.17, 15) is 4.79 Å². The number of hydrogen-bond acceptors (Lipinski definition) is 2. The van der Waals surface area contributed by atoms with Crippen molar-refractivity contribution >= 4 is 23.3 Å². The average molecular weight is 301 g/mol. The molecule has 0 aromatic carbocycles. The summed E-state index contributed by atoms with van der Waals surface area (Å²) >= 11 is 1.69. The lowest BCUT2D eigenvalue weighted by Crippen LogP contribution is -2.59. The third-order valence-electron chi connectivity index (χ3n) is 5.71. The molecule has 1 aromatic heterocycles. The zero-order chi connectivity index (χ0) is 14.4. The lowest BCUT2D eigenvalue weighted by molar-refractivity contribution is -0.122. The first-order chi connectivity index (χ1) is 10.1. The van der Waals surface area contributed by atoms with Crippen LogP contribution in [-0.4, -0.2) is 11.4 Å². The summed E-state index contributed by atoms with van der Waals surface area (Å²) in [5.41, 5.74) is 1.37. The molecule has 0 unspecified atom stereocenters. The second-order valence-electron chi connectivity index (χ2n) is 7.49. The Balaban J connectivity index is 1.45. The molecular weight excluding hydrogens is 278 g/mol. The minimum Gasteiger partial charge on any atom is -0.347 e. The molecule has 4 aliphatic rings. The Hall–Kier alpha value is -1.09. The van der Waals surface area contributed by atoms with Gasteiger partial charge in [0.05, 0.1) is 0 Å². The van der Waals surface area contributed by atoms with Crippen LogP contribution in [0.4, 0.5) is 0 Å². The predicted octanol–water partition coefficient (Wildman–Crippen LogP) is 4.15. The molecule has 0 atom stereocenters. The Labute approximate surface area is 130 Å². The Kier molecular flexibility index (Phi) is 3.21. The first-order valence-electron chi connectivity index (χ1n) is 8.16. The van der Waals surface area contributed by atoms with Crippen LogP contribution >= 0.6 is 11.3 Å². The zero-order valence-corrected chi connectivity index (χ0v) is 13.4. The minimum absolute atomic E-state index is 0.102. The smallest absolute Gasteiger partial charge is 0.244 e. The largest absolute Gasteiger partial charge is 0.347 e. The summed E-state index contributed by atoms with van der Waals surface area (Å²) in [6.45, 7) is 2.09. The summed E-state index contributed by atoms with van der Waals surface area (Å²) in [6, 6.07) is 2.10. The topological polar surface area (TPSA) is 29.1 Å². The summed E-state index contributed by atoms with van der Waals surface area (Å²) in [6.07, 6.45) is 11.6. The highest BCUT2D eigenvalue weighted by atomic mass is 32.1. The Bertz CT molecular complexity index is 551. The quantitative estimate of drug-likeness (QED) is 0.835. The summed E-state index contributed by atoms with van der Waals surface area (Å²) < 4.78 is 0. The van der Waals surface area contributed by atoms with Crippen molar-refractivity contribution in [3.8, 4) is 0 Å². The zero-order valence-electron chi connectivity index (χ0n) is 12.6. The number of hydrogen-bond donors (Lipinski definition) is 1. The van der Waals surface area contributed by atoms with Crippen LogP contribution in [0.1, 0.15) is 49.0 Å². The van der Waals surface area contributed by atoms with E-state index in [0.717, 1.165) is 17.8 Å². The van der Waals surface area contributed by atoms with Crippen molar-refractivity contribution < 1.29 is 4.79 Å². The van der Waals surface area contributed by atoms with Crippen LogP contribution in [0.5, 0.6) is 0 Å². The molecule has 0 aliphatic heterocycles. The molecule has 112 valence electrons. The van der Waals surface area contributed by atoms with E-state index in [4.69, 9.17) is 0 Å². The van der Waals surface area contributed by atoms with Crippen LogP contribution in [0, 0.1) is 24.7 Å². The van der Waals surface area contributed by atoms with E-state index in [1.54, 1.807) is 17.4 Å². The molecule has 4 saturated carbocycles. The maximum atomic E-state index is 12.3. The van der Waals surface area contributed by atoms with Crippen molar-refractivity contribution in [2.75, 3.05) is 0 Å². The van der Waals surface area contributed by atoms with Crippen molar-refractivity contribution in [3.05, 3.63) is 28.0 Å². The van der Waals surface area contributed by atoms with Gasteiger partial charge >= 0.3 is 0 Å². The van der Waals surface area contributed by atoms with Crippen LogP contribution in [0.25, 0.3) is 6.08 Å². The van der Waals surface area contributed by atoms with Crippen molar-refractivity contribution in [2.45, 2.75) is 51.0 Å². The van der Waals surface area contributed by atoms with Gasteiger partial charge in [-0.15, -0.1) is 11.3 Å². The predicted molar refractivity (Wildman–Crippen MR) is 87.1 cm³/mol. The summed E-state index contributed by atoms with van der Waals surface area (Å²) in [4.78, 5) is 13.5. The highest BCUT2D eigenvalue weighted by Crippen LogP contribution is 2.55. The Morgan fingerprint density at radius 2 is 1.86 bits per heavy atom. The normalized spacial score (nSPS) is 37.3. The van der Waals surface area contributed by atoms with E-state index < -0.39 is 0 Å². The standard InChI is InChI=1S/C18H23NOS/c1-12-4-5-21-16(12)2-3-17(20)19-18-9-13-6-14(10-18)8-15(7-13)11-18/h2-5,13-15H,6-11H2,1H3,(H,19,20)/b3-2+. The second kappa shape index (κ2) is 4.98. The SMILES string of the molecule is Cc1ccsc1/C=C/C(=O)NC12CC3CC(CC(C3)C1)C2. The molecule has 4 aliphatic carbocycles. The number of aryl methyl sites for hydroxylation is 1. The van der Waals surface area contributed by atoms with Gasteiger partial charge in [0.2, 0.25) is 5.91 Å². The fourth-order valence-electron chi connectivity index (χ4n) is 5.27. The van der Waals surface area contributed by atoms with Crippen LogP contribution in [0.15, 0.2) is 17.5 Å². The van der Waals surface area contributed by atoms with E-state index in [1.807, 2.05) is 6.08 Å². The highest BCUT2D eigenvalue weighted by molar-refractivity contribution is 7.11. The van der Waals surface area contributed by atoms with E-state index in [0.29, 0.717) is 0 Å². The number of rotatable bonds is 3. The molecule has 1 N–H and O–H groups in total. The lowest BCUT2D eigenvalue weighted by Gasteiger charge is -2.56. The summed E-state index contributed by atoms with van der Waals surface area (Å²) in [7, 11) is 0. The molecule has 2 nitrogen and oxygen atoms in total. The lowest BCUT2D eigenvalue weighted by atomic mass is 9.53. The minimum atomic E-state index is 0.102. The molecule has 1 heterocycles. The molecule has 1 aromatic rings. The van der Waals surface area contributed by atoms with Crippen LogP contribution in [-0.2, 0) is 4.79 Å². The first-order valence-corrected chi connectivity index (χ1v) is 9.04. The van der Waals surface area contributed by atoms with Gasteiger partial charge in [0.1, 0.15) is 0 Å². The molecular formula is C18H23NOS. The highest BCUT2D eigenvalue weighted by Gasteiger charge is 2.51. The van der Waals surface area contributed by atoms with Gasteiger partial charge in [-0.05, 0) is 86.3 Å². The van der Waals surface area contributed by atoms with Crippen LogP contribution in [0.3, 0.4) is 0 Å². The molecule has 21 heavy (non-hydrogen) atoms. The van der Waals surface area contributed by atoms with Crippen LogP contribution < -0.4 is 5.32 Å². The molecule has 0 saturated heterocycles. The molecule has 0 radical (unpaired) electrons. The fraction of sp³-hybridized carbons (Fsp3) is 0.611. The van der Waals surface area contributed by atoms with Crippen molar-refractivity contribution in [1.82, 2.24) is 5.32 Å². The monoisotopic (exact) mass is 301 g/mol. The van der Waals surface area contributed by atoms with Gasteiger partial charge in [0.25, 0.3) is 0 Å². The van der Waals surface area contributed by atoms with Gasteiger partial charge in [-0.2, -0.15) is 0 Å². The third kappa shape index (κ3) is 2.57. The number of nitrogens with one attached hydrogen (secondary N) is 1. The molecule has 4 fully saturated rings. The second-order valence-corrected chi connectivity index (χ2v) is 8.44. The van der Waals surface area contributed by atoms with Gasteiger partial charge < -0.3 is 5.32 Å². The molecule has 5 rings (SSSR count). The van der Waals surface area contributed by atoms with Crippen molar-refractivity contribution in [2.24, 2.45) is 17.8 Å². The number of thiophene rings is 1. The summed E-state index contributed by atoms with van der Waals surface area (Å²) in [5, 5.41) is 5.46. The molecule has 0 spiro atoms. The van der Waals surface area contributed by atoms with Gasteiger partial charge in [-0.25, -0.2) is 0 Å². The van der Waals surface area contributed by atoms with E-state index >= 15 is 0 Å². The van der Waals surface area contributed by atoms with Gasteiger partial charge in [-0.3, -0.25) is 4.79 Å². The van der Waals surface area contributed by atoms with E-state index in [-0.39, 0.29) is 11.4 Å². The first kappa shape index (κ1) is 13.6. The molecule has 3 heteroatoms. The van der Waals surface area contributed by atoms with Gasteiger partial charge in [-0.1, -0.05) is 0 Å². The van der Waals surface area contributed by atoms with Crippen molar-refractivity contribution in [1.29, 1.82) is 0 Å². The van der Waals surface area contributed by atoms with Gasteiger partial charge in [0.15, 0.2) is 0 Å². The fourth-order valence-corrected chi connectivity index (χ4v) is 6.09. The van der Waals surface area contributed by atoms with Crippen LogP contribution in [0.2, 0.25) is 0 Å². The van der Waals surface area contributed by atoms with E-state index in [1.165, 1.54) is 49.0 Å². The maximum Gasteiger partial charge on any atom is 0.244 e. The average Bonchev–Trinajstić information content (AvgIpc) is 2.79. The third-order valence-corrected chi connectivity index (χ3v) is 6.70. The Morgan fingerprint density at radius 1 is 1.24 bits per heavy atom. The maximum absolute atomic E-state index is 12.3. The number of carbonyl (C=O) groups is 1. The van der Waals surface area contributed by atoms with Crippen molar-refractivity contribution in [3.63, 3.8) is 0 Å². The number of amides is 1. The number of carbonyl (C=O) groups excluding carboxylic acids is 1. The van der Waals surface area contributed by atoms with Gasteiger partial charge in [0, 0.05) is 16.5 Å². The Morgan fingerprint density at radius 3 is 2.38 bits per heavy atom. The molecule has 1 amide bonds. The molecule has 4 bridgehead atoms.